The maximum Gasteiger partial charge on any atom is 0.229 e. The summed E-state index contributed by atoms with van der Waals surface area (Å²) in [4.78, 5) is 26.4. The van der Waals surface area contributed by atoms with Crippen LogP contribution in [0.2, 0.25) is 0 Å². The quantitative estimate of drug-likeness (QED) is 0.697. The first kappa shape index (κ1) is 20.5. The summed E-state index contributed by atoms with van der Waals surface area (Å²) in [5.74, 6) is -2.15. The molecule has 1 aliphatic rings. The van der Waals surface area contributed by atoms with Crippen LogP contribution in [0.15, 0.2) is 45.8 Å². The lowest BCUT2D eigenvalue weighted by atomic mass is 10.1. The normalized spacial score (nSPS) is 17.1. The number of carbonyl (C=O) groups excluding carboxylic acids is 2. The van der Waals surface area contributed by atoms with E-state index in [4.69, 9.17) is 0 Å². The topological polar surface area (TPSA) is 83.6 Å². The molecule has 1 atom stereocenters. The van der Waals surface area contributed by atoms with Crippen LogP contribution < -0.4 is 10.2 Å². The van der Waals surface area contributed by atoms with Crippen molar-refractivity contribution in [1.29, 1.82) is 0 Å². The zero-order valence-corrected chi connectivity index (χ0v) is 17.6. The van der Waals surface area contributed by atoms with Gasteiger partial charge in [0.05, 0.1) is 16.5 Å². The Bertz CT molecular complexity index is 1070. The molecule has 1 N–H and O–H groups in total. The van der Waals surface area contributed by atoms with Gasteiger partial charge in [-0.05, 0) is 48.9 Å². The van der Waals surface area contributed by atoms with Crippen molar-refractivity contribution < 1.29 is 22.4 Å². The van der Waals surface area contributed by atoms with E-state index < -0.39 is 27.5 Å². The molecule has 0 aromatic heterocycles. The molecule has 0 bridgehead atoms. The summed E-state index contributed by atoms with van der Waals surface area (Å²) in [5, 5.41) is 2.41. The minimum atomic E-state index is -3.54. The van der Waals surface area contributed by atoms with Crippen LogP contribution in [-0.2, 0) is 19.4 Å². The van der Waals surface area contributed by atoms with E-state index in [0.29, 0.717) is 5.69 Å². The van der Waals surface area contributed by atoms with Crippen LogP contribution in [0.5, 0.6) is 0 Å². The Morgan fingerprint density at radius 1 is 1.25 bits per heavy atom. The molecule has 0 saturated carbocycles. The number of anilines is 2. The Labute approximate surface area is 170 Å². The second-order valence-electron chi connectivity index (χ2n) is 6.74. The maximum atomic E-state index is 14.0. The highest BCUT2D eigenvalue weighted by Gasteiger charge is 2.35. The Kier molecular flexibility index (Phi) is 5.58. The van der Waals surface area contributed by atoms with Crippen LogP contribution in [-0.4, -0.2) is 33.0 Å². The number of carbonyl (C=O) groups is 2. The molecule has 1 saturated heterocycles. The predicted molar refractivity (Wildman–Crippen MR) is 107 cm³/mol. The molecule has 0 aliphatic carbocycles. The van der Waals surface area contributed by atoms with E-state index in [-0.39, 0.29) is 29.5 Å². The third-order valence-corrected chi connectivity index (χ3v) is 6.57. The van der Waals surface area contributed by atoms with Gasteiger partial charge in [-0.3, -0.25) is 9.59 Å². The molecule has 1 heterocycles. The number of halogens is 2. The van der Waals surface area contributed by atoms with E-state index in [1.165, 1.54) is 4.90 Å². The second-order valence-corrected chi connectivity index (χ2v) is 9.61. The molecule has 1 unspecified atom stereocenters. The summed E-state index contributed by atoms with van der Waals surface area (Å²) in [7, 11) is -3.54. The number of rotatable bonds is 4. The molecule has 0 radical (unpaired) electrons. The maximum absolute atomic E-state index is 14.0. The average molecular weight is 469 g/mol. The number of benzene rings is 2. The second kappa shape index (κ2) is 7.63. The number of aryl methyl sites for hydroxylation is 1. The van der Waals surface area contributed by atoms with E-state index in [1.54, 1.807) is 6.07 Å². The van der Waals surface area contributed by atoms with Gasteiger partial charge in [-0.1, -0.05) is 15.9 Å². The third-order valence-electron chi connectivity index (χ3n) is 4.57. The third kappa shape index (κ3) is 4.25. The van der Waals surface area contributed by atoms with Crippen LogP contribution >= 0.6 is 15.9 Å². The number of hydrogen-bond acceptors (Lipinski definition) is 4. The summed E-state index contributed by atoms with van der Waals surface area (Å²) in [6.07, 6.45) is 0.994. The van der Waals surface area contributed by atoms with Crippen LogP contribution in [0, 0.1) is 18.7 Å². The van der Waals surface area contributed by atoms with Crippen LogP contribution in [0.25, 0.3) is 0 Å². The predicted octanol–water partition coefficient (Wildman–Crippen LogP) is 3.29. The van der Waals surface area contributed by atoms with Gasteiger partial charge in [0.2, 0.25) is 11.8 Å². The highest BCUT2D eigenvalue weighted by atomic mass is 79.9. The molecule has 2 amide bonds. The molecule has 2 aromatic rings. The number of sulfone groups is 1. The van der Waals surface area contributed by atoms with Gasteiger partial charge in [0.1, 0.15) is 5.82 Å². The molecule has 28 heavy (non-hydrogen) atoms. The first-order valence-electron chi connectivity index (χ1n) is 8.43. The van der Waals surface area contributed by atoms with Crippen molar-refractivity contribution in [2.75, 3.05) is 23.0 Å². The molecule has 0 spiro atoms. The molecule has 1 aliphatic heterocycles. The summed E-state index contributed by atoms with van der Waals surface area (Å²) in [6.45, 7) is 2.06. The lowest BCUT2D eigenvalue weighted by molar-refractivity contribution is -0.122. The molecule has 2 aromatic carbocycles. The first-order valence-corrected chi connectivity index (χ1v) is 11.1. The van der Waals surface area contributed by atoms with E-state index >= 15 is 0 Å². The molecule has 3 rings (SSSR count). The molecule has 9 heteroatoms. The largest absolute Gasteiger partial charge is 0.323 e. The van der Waals surface area contributed by atoms with E-state index in [0.717, 1.165) is 34.5 Å². The zero-order chi connectivity index (χ0) is 20.6. The molecule has 148 valence electrons. The van der Waals surface area contributed by atoms with Gasteiger partial charge in [0.25, 0.3) is 0 Å². The lowest BCUT2D eigenvalue weighted by Crippen LogP contribution is -2.28. The van der Waals surface area contributed by atoms with Crippen LogP contribution in [0.4, 0.5) is 15.8 Å². The number of amides is 2. The summed E-state index contributed by atoms with van der Waals surface area (Å²) in [5.41, 5.74) is 1.42. The van der Waals surface area contributed by atoms with Crippen molar-refractivity contribution in [2.24, 2.45) is 5.92 Å². The van der Waals surface area contributed by atoms with Gasteiger partial charge in [-0.25, -0.2) is 12.8 Å². The smallest absolute Gasteiger partial charge is 0.229 e. The van der Waals surface area contributed by atoms with Gasteiger partial charge in [0, 0.05) is 29.4 Å². The van der Waals surface area contributed by atoms with Crippen molar-refractivity contribution in [3.8, 4) is 0 Å². The monoisotopic (exact) mass is 468 g/mol. The highest BCUT2D eigenvalue weighted by molar-refractivity contribution is 9.10. The van der Waals surface area contributed by atoms with Crippen LogP contribution in [0.1, 0.15) is 12.0 Å². The van der Waals surface area contributed by atoms with Crippen molar-refractivity contribution in [1.82, 2.24) is 0 Å². The van der Waals surface area contributed by atoms with Crippen LogP contribution in [0.3, 0.4) is 0 Å². The van der Waals surface area contributed by atoms with E-state index in [1.807, 2.05) is 19.1 Å². The molecular formula is C19H18BrFN2O4S. The Morgan fingerprint density at radius 3 is 2.61 bits per heavy atom. The Hall–Kier alpha value is -2.26. The number of nitrogens with zero attached hydrogens (tertiary/aromatic N) is 1. The fourth-order valence-corrected chi connectivity index (χ4v) is 3.89. The summed E-state index contributed by atoms with van der Waals surface area (Å²) in [6, 6.07) is 8.66. The van der Waals surface area contributed by atoms with E-state index in [2.05, 4.69) is 21.2 Å². The molecular weight excluding hydrogens is 451 g/mol. The van der Waals surface area contributed by atoms with Gasteiger partial charge in [-0.2, -0.15) is 0 Å². The molecule has 6 nitrogen and oxygen atoms in total. The standard InChI is InChI=1S/C19H18BrFN2O4S/c1-11-7-13(3-5-15(11)20)23-10-12(8-18(23)24)19(25)22-17-9-14(28(2,26)27)4-6-16(17)21/h3-7,9,12H,8,10H2,1-2H3,(H,22,25). The van der Waals surface area contributed by atoms with Gasteiger partial charge in [0.15, 0.2) is 9.84 Å². The Morgan fingerprint density at radius 2 is 1.96 bits per heavy atom. The zero-order valence-electron chi connectivity index (χ0n) is 15.2. The lowest BCUT2D eigenvalue weighted by Gasteiger charge is -2.18. The van der Waals surface area contributed by atoms with Gasteiger partial charge >= 0.3 is 0 Å². The fourth-order valence-electron chi connectivity index (χ4n) is 3.00. The Balaban J connectivity index is 1.77. The minimum absolute atomic E-state index is 0.00562. The highest BCUT2D eigenvalue weighted by Crippen LogP contribution is 2.29. The van der Waals surface area contributed by atoms with Gasteiger partial charge < -0.3 is 10.2 Å². The van der Waals surface area contributed by atoms with Crippen molar-refractivity contribution in [2.45, 2.75) is 18.2 Å². The summed E-state index contributed by atoms with van der Waals surface area (Å²) >= 11 is 3.41. The van der Waals surface area contributed by atoms with Crippen molar-refractivity contribution >= 4 is 49.0 Å². The SMILES string of the molecule is Cc1cc(N2CC(C(=O)Nc3cc(S(C)(=O)=O)ccc3F)CC2=O)ccc1Br. The number of nitrogens with one attached hydrogen (secondary N) is 1. The average Bonchev–Trinajstić information content (AvgIpc) is 3.00. The summed E-state index contributed by atoms with van der Waals surface area (Å²) < 4.78 is 38.2. The number of hydrogen-bond donors (Lipinski definition) is 1. The van der Waals surface area contributed by atoms with Crippen molar-refractivity contribution in [3.05, 3.63) is 52.3 Å². The van der Waals surface area contributed by atoms with Crippen molar-refractivity contribution in [3.63, 3.8) is 0 Å². The fraction of sp³-hybridized carbons (Fsp3) is 0.263. The minimum Gasteiger partial charge on any atom is -0.323 e. The first-order chi connectivity index (χ1) is 13.1. The molecule has 1 fully saturated rings. The van der Waals surface area contributed by atoms with Gasteiger partial charge in [-0.15, -0.1) is 0 Å². The van der Waals surface area contributed by atoms with E-state index in [9.17, 15) is 22.4 Å².